The van der Waals surface area contributed by atoms with Gasteiger partial charge in [-0.25, -0.2) is 0 Å². The van der Waals surface area contributed by atoms with Gasteiger partial charge in [0.25, 0.3) is 0 Å². The second kappa shape index (κ2) is 5.47. The number of fused-ring (bicyclic) bond motifs is 6. The second-order valence-corrected chi connectivity index (χ2v) is 10.0. The lowest BCUT2D eigenvalue weighted by Gasteiger charge is -2.55. The number of ether oxygens (including phenoxy) is 4. The fourth-order valence-corrected chi connectivity index (χ4v) is 7.56. The van der Waals surface area contributed by atoms with E-state index in [9.17, 15) is 0 Å². The van der Waals surface area contributed by atoms with Gasteiger partial charge in [0, 0.05) is 23.7 Å². The van der Waals surface area contributed by atoms with Crippen LogP contribution in [0.3, 0.4) is 0 Å². The topological polar surface area (TPSA) is 36.9 Å². The van der Waals surface area contributed by atoms with Crippen molar-refractivity contribution in [1.82, 2.24) is 0 Å². The maximum absolute atomic E-state index is 6.25. The molecule has 0 aromatic heterocycles. The molecule has 6 rings (SSSR count). The molecule has 4 atom stereocenters. The van der Waals surface area contributed by atoms with Crippen molar-refractivity contribution in [3.8, 4) is 0 Å². The fourth-order valence-electron chi connectivity index (χ4n) is 7.56. The van der Waals surface area contributed by atoms with Crippen molar-refractivity contribution in [2.45, 2.75) is 70.4 Å². The molecule has 148 valence electrons. The summed E-state index contributed by atoms with van der Waals surface area (Å²) in [5.74, 6) is 0.620. The number of hydrogen-bond donors (Lipinski definition) is 0. The summed E-state index contributed by atoms with van der Waals surface area (Å²) in [5.41, 5.74) is 3.58. The number of rotatable bonds is 0. The summed E-state index contributed by atoms with van der Waals surface area (Å²) in [6.07, 6.45) is 12.9. The van der Waals surface area contributed by atoms with E-state index < -0.39 is 5.79 Å². The highest BCUT2D eigenvalue weighted by atomic mass is 16.7. The minimum absolute atomic E-state index is 0.128. The maximum Gasteiger partial charge on any atom is 0.188 e. The molecule has 0 bridgehead atoms. The quantitative estimate of drug-likeness (QED) is 0.592. The summed E-state index contributed by atoms with van der Waals surface area (Å²) < 4.78 is 24.5. The molecule has 2 aliphatic heterocycles. The van der Waals surface area contributed by atoms with Crippen LogP contribution < -0.4 is 0 Å². The molecular formula is C23H32O4. The average molecular weight is 373 g/mol. The molecule has 27 heavy (non-hydrogen) atoms. The summed E-state index contributed by atoms with van der Waals surface area (Å²) in [6, 6.07) is 0. The Kier molecular flexibility index (Phi) is 3.49. The summed E-state index contributed by atoms with van der Waals surface area (Å²) >= 11 is 0. The third-order valence-corrected chi connectivity index (χ3v) is 9.07. The summed E-state index contributed by atoms with van der Waals surface area (Å²) in [6.45, 7) is 7.90. The van der Waals surface area contributed by atoms with E-state index in [1.807, 2.05) is 0 Å². The Morgan fingerprint density at radius 1 is 0.889 bits per heavy atom. The third-order valence-electron chi connectivity index (χ3n) is 9.07. The zero-order chi connectivity index (χ0) is 18.3. The monoisotopic (exact) mass is 372 g/mol. The molecule has 0 aromatic rings. The van der Waals surface area contributed by atoms with Gasteiger partial charge in [-0.3, -0.25) is 0 Å². The van der Waals surface area contributed by atoms with E-state index in [1.54, 1.807) is 11.1 Å². The number of allylic oxidation sites excluding steroid dienone is 3. The van der Waals surface area contributed by atoms with Gasteiger partial charge in [-0.1, -0.05) is 31.1 Å². The molecular weight excluding hydrogens is 340 g/mol. The Balaban J connectivity index is 1.37. The van der Waals surface area contributed by atoms with E-state index in [4.69, 9.17) is 18.9 Å². The van der Waals surface area contributed by atoms with Crippen molar-refractivity contribution < 1.29 is 18.9 Å². The SMILES string of the molecule is C[C@]12CCC3(C=C1CC[C@@H]1C2=CC[C@@]2(C)[C@H]1CCC21OCCO1)OCCO3. The second-order valence-electron chi connectivity index (χ2n) is 10.0. The fraction of sp³-hybridized carbons (Fsp3) is 0.826. The Labute approximate surface area is 162 Å². The maximum atomic E-state index is 6.25. The van der Waals surface area contributed by atoms with Gasteiger partial charge in [0.05, 0.1) is 26.4 Å². The molecule has 0 aromatic carbocycles. The Morgan fingerprint density at radius 2 is 1.63 bits per heavy atom. The highest BCUT2D eigenvalue weighted by Crippen LogP contribution is 2.67. The van der Waals surface area contributed by atoms with Crippen LogP contribution in [0.15, 0.2) is 23.3 Å². The predicted octanol–water partition coefficient (Wildman–Crippen LogP) is 4.36. The minimum Gasteiger partial charge on any atom is -0.347 e. The van der Waals surface area contributed by atoms with E-state index >= 15 is 0 Å². The van der Waals surface area contributed by atoms with Gasteiger partial charge in [-0.2, -0.15) is 0 Å². The Bertz CT molecular complexity index is 712. The first kappa shape index (κ1) is 17.2. The molecule has 0 radical (unpaired) electrons. The van der Waals surface area contributed by atoms with E-state index in [2.05, 4.69) is 26.0 Å². The van der Waals surface area contributed by atoms with Crippen molar-refractivity contribution in [2.24, 2.45) is 22.7 Å². The molecule has 0 N–H and O–H groups in total. The molecule has 4 heteroatoms. The lowest BCUT2D eigenvalue weighted by atomic mass is 9.51. The number of hydrogen-bond acceptors (Lipinski definition) is 4. The third kappa shape index (κ3) is 2.08. The molecule has 2 spiro atoms. The van der Waals surface area contributed by atoms with Gasteiger partial charge in [0.1, 0.15) is 0 Å². The smallest absolute Gasteiger partial charge is 0.188 e. The molecule has 0 amide bonds. The van der Waals surface area contributed by atoms with Crippen molar-refractivity contribution in [3.63, 3.8) is 0 Å². The molecule has 6 aliphatic rings. The van der Waals surface area contributed by atoms with Gasteiger partial charge >= 0.3 is 0 Å². The lowest BCUT2D eigenvalue weighted by molar-refractivity contribution is -0.228. The van der Waals surface area contributed by atoms with E-state index in [0.29, 0.717) is 11.8 Å². The first-order chi connectivity index (χ1) is 13.0. The molecule has 4 aliphatic carbocycles. The molecule has 2 saturated heterocycles. The zero-order valence-electron chi connectivity index (χ0n) is 16.7. The Morgan fingerprint density at radius 3 is 2.41 bits per heavy atom. The summed E-state index contributed by atoms with van der Waals surface area (Å²) in [7, 11) is 0. The predicted molar refractivity (Wildman–Crippen MR) is 101 cm³/mol. The molecule has 0 unspecified atom stereocenters. The average Bonchev–Trinajstić information content (AvgIpc) is 3.38. The van der Waals surface area contributed by atoms with Crippen molar-refractivity contribution >= 4 is 0 Å². The van der Waals surface area contributed by atoms with Crippen LogP contribution in [-0.4, -0.2) is 38.0 Å². The molecule has 4 fully saturated rings. The van der Waals surface area contributed by atoms with Crippen molar-refractivity contribution in [1.29, 1.82) is 0 Å². The zero-order valence-corrected chi connectivity index (χ0v) is 16.7. The van der Waals surface area contributed by atoms with Crippen LogP contribution in [0, 0.1) is 22.7 Å². The van der Waals surface area contributed by atoms with Gasteiger partial charge < -0.3 is 18.9 Å². The van der Waals surface area contributed by atoms with Crippen LogP contribution in [0.25, 0.3) is 0 Å². The first-order valence-corrected chi connectivity index (χ1v) is 11.0. The normalized spacial score (nSPS) is 46.7. The molecule has 4 nitrogen and oxygen atoms in total. The van der Waals surface area contributed by atoms with Gasteiger partial charge in [0.2, 0.25) is 0 Å². The summed E-state index contributed by atoms with van der Waals surface area (Å²) in [4.78, 5) is 0. The van der Waals surface area contributed by atoms with Crippen molar-refractivity contribution in [3.05, 3.63) is 23.3 Å². The molecule has 2 heterocycles. The van der Waals surface area contributed by atoms with E-state index in [-0.39, 0.29) is 16.6 Å². The van der Waals surface area contributed by atoms with Gasteiger partial charge in [-0.15, -0.1) is 0 Å². The standard InChI is InChI=1S/C23H32O4/c1-20-9-10-22(24-11-12-25-22)15-16(20)3-4-17-18(20)5-7-21(2)19(17)6-8-23(21)26-13-14-27-23/h5,15,17,19H,3-4,6-14H2,1-2H3/t17-,19+,20+,21+/m1/s1. The first-order valence-electron chi connectivity index (χ1n) is 11.0. The van der Waals surface area contributed by atoms with Crippen LogP contribution in [0.4, 0.5) is 0 Å². The van der Waals surface area contributed by atoms with Gasteiger partial charge in [0.15, 0.2) is 11.6 Å². The Hall–Kier alpha value is -0.680. The van der Waals surface area contributed by atoms with E-state index in [1.165, 1.54) is 19.3 Å². The minimum atomic E-state index is -0.422. The van der Waals surface area contributed by atoms with Crippen LogP contribution in [0.2, 0.25) is 0 Å². The molecule has 2 saturated carbocycles. The highest BCUT2D eigenvalue weighted by Gasteiger charge is 2.65. The van der Waals surface area contributed by atoms with Crippen LogP contribution in [0.5, 0.6) is 0 Å². The van der Waals surface area contributed by atoms with Crippen LogP contribution >= 0.6 is 0 Å². The van der Waals surface area contributed by atoms with Crippen LogP contribution in [-0.2, 0) is 18.9 Å². The van der Waals surface area contributed by atoms with Gasteiger partial charge in [-0.05, 0) is 50.0 Å². The van der Waals surface area contributed by atoms with E-state index in [0.717, 1.165) is 52.1 Å². The summed E-state index contributed by atoms with van der Waals surface area (Å²) in [5, 5.41) is 0. The highest BCUT2D eigenvalue weighted by molar-refractivity contribution is 5.40. The lowest BCUT2D eigenvalue weighted by Crippen LogP contribution is -2.52. The van der Waals surface area contributed by atoms with Crippen molar-refractivity contribution in [2.75, 3.05) is 26.4 Å². The largest absolute Gasteiger partial charge is 0.347 e. The van der Waals surface area contributed by atoms with Crippen LogP contribution in [0.1, 0.15) is 58.8 Å².